The highest BCUT2D eigenvalue weighted by Crippen LogP contribution is 2.37. The molecule has 260 valence electrons. The van der Waals surface area contributed by atoms with Gasteiger partial charge in [0.1, 0.15) is 34.5 Å². The summed E-state index contributed by atoms with van der Waals surface area (Å²) in [7, 11) is 1.01. The van der Waals surface area contributed by atoms with Crippen LogP contribution >= 0.6 is 0 Å². The zero-order chi connectivity index (χ0) is 35.4. The van der Waals surface area contributed by atoms with Crippen LogP contribution in [0.5, 0.6) is 17.2 Å². The molecule has 0 aromatic heterocycles. The number of esters is 1. The first kappa shape index (κ1) is 36.6. The van der Waals surface area contributed by atoms with Gasteiger partial charge in [0, 0.05) is 24.0 Å². The number of carbonyl (C=O) groups excluding carboxylic acids is 3. The van der Waals surface area contributed by atoms with Crippen molar-refractivity contribution < 1.29 is 37.8 Å². The Bertz CT molecular complexity index is 1630. The number of carbonyl (C=O) groups is 3. The Morgan fingerprint density at radius 2 is 1.56 bits per heavy atom. The second kappa shape index (κ2) is 14.5. The predicted octanol–water partition coefficient (Wildman–Crippen LogP) is 7.60. The Morgan fingerprint density at radius 3 is 2.17 bits per heavy atom. The number of benzene rings is 3. The van der Waals surface area contributed by atoms with E-state index in [-0.39, 0.29) is 23.1 Å². The van der Waals surface area contributed by atoms with Gasteiger partial charge in [-0.3, -0.25) is 4.79 Å². The molecule has 0 aliphatic carbocycles. The van der Waals surface area contributed by atoms with Crippen molar-refractivity contribution in [1.82, 2.24) is 10.2 Å². The lowest BCUT2D eigenvalue weighted by Gasteiger charge is -2.36. The topological polar surface area (TPSA) is 113 Å². The third kappa shape index (κ3) is 8.80. The van der Waals surface area contributed by atoms with Gasteiger partial charge in [0.25, 0.3) is 5.91 Å². The SMILES string of the molecule is COc1cc2c(OC)cccc2cc1C(=O)O[C@@H]1CCCN(C(=O)OC(C)(C)C)C[C@H]1NC(=O)c1ccc(O[Si](C)(C)C(C)(C)C)cc1. The van der Waals surface area contributed by atoms with Crippen molar-refractivity contribution in [1.29, 1.82) is 0 Å². The average Bonchev–Trinajstić information content (AvgIpc) is 3.20. The van der Waals surface area contributed by atoms with Gasteiger partial charge in [0.2, 0.25) is 8.32 Å². The first-order chi connectivity index (χ1) is 22.4. The normalized spacial score (nSPS) is 17.2. The molecular weight excluding hydrogens is 628 g/mol. The molecule has 2 amide bonds. The fourth-order valence-electron chi connectivity index (χ4n) is 5.26. The smallest absolute Gasteiger partial charge is 0.410 e. The van der Waals surface area contributed by atoms with Crippen LogP contribution in [-0.2, 0) is 9.47 Å². The van der Waals surface area contributed by atoms with Gasteiger partial charge in [0.15, 0.2) is 0 Å². The van der Waals surface area contributed by atoms with Crippen molar-refractivity contribution in [3.05, 3.63) is 65.7 Å². The summed E-state index contributed by atoms with van der Waals surface area (Å²) in [4.78, 5) is 42.1. The van der Waals surface area contributed by atoms with Crippen molar-refractivity contribution in [3.63, 3.8) is 0 Å². The molecule has 48 heavy (non-hydrogen) atoms. The van der Waals surface area contributed by atoms with Gasteiger partial charge in [-0.05, 0) is 99.6 Å². The Labute approximate surface area is 285 Å². The highest BCUT2D eigenvalue weighted by Gasteiger charge is 2.39. The van der Waals surface area contributed by atoms with Crippen LogP contribution in [0.4, 0.5) is 4.79 Å². The van der Waals surface area contributed by atoms with E-state index < -0.39 is 38.1 Å². The summed E-state index contributed by atoms with van der Waals surface area (Å²) in [6, 6.07) is 15.3. The second-order valence-corrected chi connectivity index (χ2v) is 19.4. The fraction of sp³-hybridized carbons (Fsp3) is 0.486. The van der Waals surface area contributed by atoms with E-state index in [0.717, 1.165) is 10.8 Å². The Balaban J connectivity index is 1.60. The second-order valence-electron chi connectivity index (χ2n) is 14.7. The highest BCUT2D eigenvalue weighted by molar-refractivity contribution is 6.74. The summed E-state index contributed by atoms with van der Waals surface area (Å²) in [6.07, 6.45) is -0.277. The van der Waals surface area contributed by atoms with E-state index in [0.29, 0.717) is 42.2 Å². The number of nitrogens with zero attached hydrogens (tertiary/aromatic N) is 1. The zero-order valence-electron chi connectivity index (χ0n) is 29.9. The molecule has 0 bridgehead atoms. The minimum absolute atomic E-state index is 0.0265. The van der Waals surface area contributed by atoms with Gasteiger partial charge in [-0.25, -0.2) is 9.59 Å². The van der Waals surface area contributed by atoms with E-state index in [4.69, 9.17) is 23.4 Å². The molecule has 1 aliphatic rings. The Morgan fingerprint density at radius 1 is 0.896 bits per heavy atom. The molecular formula is C37H50N2O8Si. The molecule has 1 fully saturated rings. The maximum atomic E-state index is 13.8. The Kier molecular flexibility index (Phi) is 11.0. The van der Waals surface area contributed by atoms with Gasteiger partial charge in [-0.15, -0.1) is 0 Å². The van der Waals surface area contributed by atoms with E-state index in [1.165, 1.54) is 7.11 Å². The largest absolute Gasteiger partial charge is 0.544 e. The number of hydrogen-bond donors (Lipinski definition) is 1. The minimum Gasteiger partial charge on any atom is -0.544 e. The van der Waals surface area contributed by atoms with Crippen molar-refractivity contribution in [2.75, 3.05) is 27.3 Å². The summed E-state index contributed by atoms with van der Waals surface area (Å²) in [5, 5.41) is 4.65. The molecule has 1 aliphatic heterocycles. The number of hydrogen-bond acceptors (Lipinski definition) is 8. The number of nitrogens with one attached hydrogen (secondary N) is 1. The lowest BCUT2D eigenvalue weighted by atomic mass is 10.0. The number of fused-ring (bicyclic) bond motifs is 1. The fourth-order valence-corrected chi connectivity index (χ4v) is 6.29. The van der Waals surface area contributed by atoms with Gasteiger partial charge in [0.05, 0.1) is 20.3 Å². The molecule has 2 atom stereocenters. The van der Waals surface area contributed by atoms with Crippen LogP contribution < -0.4 is 19.2 Å². The molecule has 3 aromatic carbocycles. The van der Waals surface area contributed by atoms with E-state index in [9.17, 15) is 14.4 Å². The first-order valence-electron chi connectivity index (χ1n) is 16.4. The van der Waals surface area contributed by atoms with Crippen LogP contribution in [0.25, 0.3) is 10.8 Å². The third-order valence-electron chi connectivity index (χ3n) is 8.91. The molecule has 1 N–H and O–H groups in total. The van der Waals surface area contributed by atoms with Crippen molar-refractivity contribution in [2.45, 2.75) is 90.3 Å². The molecule has 10 nitrogen and oxygen atoms in total. The lowest BCUT2D eigenvalue weighted by molar-refractivity contribution is 0.0125. The van der Waals surface area contributed by atoms with Crippen LogP contribution in [0.3, 0.4) is 0 Å². The summed E-state index contributed by atoms with van der Waals surface area (Å²) >= 11 is 0. The Hall–Kier alpha value is -4.25. The van der Waals surface area contributed by atoms with Crippen LogP contribution in [-0.4, -0.2) is 76.2 Å². The quantitative estimate of drug-likeness (QED) is 0.192. The minimum atomic E-state index is -2.06. The van der Waals surface area contributed by atoms with Crippen molar-refractivity contribution in [3.8, 4) is 17.2 Å². The maximum Gasteiger partial charge on any atom is 0.410 e. The highest BCUT2D eigenvalue weighted by atomic mass is 28.4. The van der Waals surface area contributed by atoms with Crippen LogP contribution in [0, 0.1) is 0 Å². The van der Waals surface area contributed by atoms with Crippen LogP contribution in [0.15, 0.2) is 54.6 Å². The molecule has 1 saturated heterocycles. The van der Waals surface area contributed by atoms with Crippen molar-refractivity contribution >= 4 is 37.1 Å². The number of ether oxygens (including phenoxy) is 4. The maximum absolute atomic E-state index is 13.8. The number of rotatable bonds is 8. The molecule has 0 radical (unpaired) electrons. The van der Waals surface area contributed by atoms with Crippen LogP contribution in [0.2, 0.25) is 18.1 Å². The van der Waals surface area contributed by atoms with Gasteiger partial charge >= 0.3 is 12.1 Å². The molecule has 3 aromatic rings. The standard InChI is InChI=1S/C37H50N2O8Si/c1-36(2,3)46-35(42)39-20-12-15-31(45-34(41)28-21-25-13-11-14-30(43-7)27(25)22-32(28)44-8)29(23-39)38-33(40)24-16-18-26(19-17-24)47-48(9,10)37(4,5)6/h11,13-14,16-19,21-22,29,31H,12,15,20,23H2,1-10H3,(H,38,40)/t29-,31-/m1/s1. The van der Waals surface area contributed by atoms with Gasteiger partial charge in [-0.2, -0.15) is 0 Å². The van der Waals surface area contributed by atoms with Gasteiger partial charge < -0.3 is 33.6 Å². The number of likely N-dealkylation sites (tertiary alicyclic amines) is 1. The van der Waals surface area contributed by atoms with E-state index in [1.807, 2.05) is 18.2 Å². The predicted molar refractivity (Wildman–Crippen MR) is 189 cm³/mol. The molecule has 1 heterocycles. The molecule has 0 saturated carbocycles. The number of amides is 2. The van der Waals surface area contributed by atoms with Crippen LogP contribution in [0.1, 0.15) is 75.1 Å². The summed E-state index contributed by atoms with van der Waals surface area (Å²) < 4.78 is 29.2. The van der Waals surface area contributed by atoms with E-state index in [2.05, 4.69) is 39.2 Å². The molecule has 11 heteroatoms. The van der Waals surface area contributed by atoms with E-state index >= 15 is 0 Å². The third-order valence-corrected chi connectivity index (χ3v) is 13.3. The summed E-state index contributed by atoms with van der Waals surface area (Å²) in [6.45, 7) is 16.7. The summed E-state index contributed by atoms with van der Waals surface area (Å²) in [5.41, 5.74) is -0.0351. The first-order valence-corrected chi connectivity index (χ1v) is 19.3. The molecule has 4 rings (SSSR count). The average molecular weight is 679 g/mol. The molecule has 0 spiro atoms. The lowest BCUT2D eigenvalue weighted by Crippen LogP contribution is -2.51. The summed E-state index contributed by atoms with van der Waals surface area (Å²) in [5.74, 6) is 0.734. The monoisotopic (exact) mass is 678 g/mol. The number of methoxy groups -OCH3 is 2. The molecule has 0 unspecified atom stereocenters. The van der Waals surface area contributed by atoms with Gasteiger partial charge in [-0.1, -0.05) is 32.9 Å². The zero-order valence-corrected chi connectivity index (χ0v) is 30.9. The van der Waals surface area contributed by atoms with E-state index in [1.54, 1.807) is 69.2 Å². The van der Waals surface area contributed by atoms with Crippen molar-refractivity contribution in [2.24, 2.45) is 0 Å².